The molecule has 0 radical (unpaired) electrons. The first kappa shape index (κ1) is 12.8. The average molecular weight is 260 g/mol. The summed E-state index contributed by atoms with van der Waals surface area (Å²) in [6.45, 7) is 3.22. The van der Waals surface area contributed by atoms with Gasteiger partial charge in [-0.3, -0.25) is 4.79 Å². The molecule has 0 N–H and O–H groups in total. The van der Waals surface area contributed by atoms with Crippen molar-refractivity contribution >= 4 is 15.7 Å². The molecule has 0 saturated carbocycles. The van der Waals surface area contributed by atoms with Crippen LogP contribution in [0.25, 0.3) is 0 Å². The SMILES string of the molecule is CN1CCN(C(=O)C2CCCS(=O)(=O)C2)CC1. The highest BCUT2D eigenvalue weighted by atomic mass is 32.2. The lowest BCUT2D eigenvalue weighted by Crippen LogP contribution is -2.50. The zero-order chi connectivity index (χ0) is 12.5. The molecule has 17 heavy (non-hydrogen) atoms. The third-order valence-corrected chi connectivity index (χ3v) is 5.45. The van der Waals surface area contributed by atoms with Gasteiger partial charge in [-0.15, -0.1) is 0 Å². The van der Waals surface area contributed by atoms with Gasteiger partial charge >= 0.3 is 0 Å². The van der Waals surface area contributed by atoms with E-state index in [1.807, 2.05) is 11.9 Å². The Bertz CT molecular complexity index is 386. The number of nitrogens with zero attached hydrogens (tertiary/aromatic N) is 2. The molecule has 2 saturated heterocycles. The van der Waals surface area contributed by atoms with Crippen molar-refractivity contribution in [1.29, 1.82) is 0 Å². The van der Waals surface area contributed by atoms with Gasteiger partial charge in [0, 0.05) is 26.2 Å². The maximum absolute atomic E-state index is 12.2. The second-order valence-corrected chi connectivity index (χ2v) is 7.31. The van der Waals surface area contributed by atoms with E-state index in [0.29, 0.717) is 6.42 Å². The summed E-state index contributed by atoms with van der Waals surface area (Å²) in [5.74, 6) is 0.0519. The largest absolute Gasteiger partial charge is 0.340 e. The molecule has 2 rings (SSSR count). The summed E-state index contributed by atoms with van der Waals surface area (Å²) >= 11 is 0. The molecule has 2 heterocycles. The van der Waals surface area contributed by atoms with Crippen LogP contribution >= 0.6 is 0 Å². The van der Waals surface area contributed by atoms with Crippen LogP contribution in [-0.4, -0.2) is 68.9 Å². The van der Waals surface area contributed by atoms with Crippen LogP contribution in [0.3, 0.4) is 0 Å². The minimum absolute atomic E-state index is 0.0429. The fourth-order valence-electron chi connectivity index (χ4n) is 2.50. The lowest BCUT2D eigenvalue weighted by molar-refractivity contribution is -0.136. The minimum Gasteiger partial charge on any atom is -0.340 e. The summed E-state index contributed by atoms with van der Waals surface area (Å²) in [7, 11) is -0.950. The van der Waals surface area contributed by atoms with Crippen LogP contribution in [0.5, 0.6) is 0 Å². The van der Waals surface area contributed by atoms with Crippen molar-refractivity contribution in [3.63, 3.8) is 0 Å². The van der Waals surface area contributed by atoms with E-state index in [1.54, 1.807) is 0 Å². The third kappa shape index (κ3) is 3.19. The number of sulfone groups is 1. The Labute approximate surface area is 103 Å². The van der Waals surface area contributed by atoms with Crippen LogP contribution in [0.4, 0.5) is 0 Å². The van der Waals surface area contributed by atoms with E-state index in [0.717, 1.165) is 32.6 Å². The fraction of sp³-hybridized carbons (Fsp3) is 0.909. The van der Waals surface area contributed by atoms with Gasteiger partial charge in [-0.1, -0.05) is 0 Å². The quantitative estimate of drug-likeness (QED) is 0.643. The Balaban J connectivity index is 1.95. The molecule has 1 atom stereocenters. The van der Waals surface area contributed by atoms with Gasteiger partial charge in [-0.2, -0.15) is 0 Å². The number of likely N-dealkylation sites (N-methyl/N-ethyl adjacent to an activating group) is 1. The number of carbonyl (C=O) groups is 1. The second kappa shape index (κ2) is 4.94. The van der Waals surface area contributed by atoms with Crippen molar-refractivity contribution in [2.45, 2.75) is 12.8 Å². The van der Waals surface area contributed by atoms with E-state index in [9.17, 15) is 13.2 Å². The van der Waals surface area contributed by atoms with Crippen LogP contribution in [0, 0.1) is 5.92 Å². The Kier molecular flexibility index (Phi) is 3.73. The zero-order valence-electron chi connectivity index (χ0n) is 10.3. The Morgan fingerprint density at radius 2 is 1.82 bits per heavy atom. The predicted molar refractivity (Wildman–Crippen MR) is 65.5 cm³/mol. The van der Waals surface area contributed by atoms with Crippen LogP contribution < -0.4 is 0 Å². The Morgan fingerprint density at radius 1 is 1.18 bits per heavy atom. The highest BCUT2D eigenvalue weighted by Crippen LogP contribution is 2.21. The Morgan fingerprint density at radius 3 is 2.41 bits per heavy atom. The van der Waals surface area contributed by atoms with Gasteiger partial charge in [-0.05, 0) is 19.9 Å². The number of carbonyl (C=O) groups excluding carboxylic acids is 1. The van der Waals surface area contributed by atoms with E-state index in [2.05, 4.69) is 4.90 Å². The molecular formula is C11H20N2O3S. The van der Waals surface area contributed by atoms with Crippen molar-refractivity contribution in [1.82, 2.24) is 9.80 Å². The van der Waals surface area contributed by atoms with E-state index < -0.39 is 9.84 Å². The van der Waals surface area contributed by atoms with Crippen molar-refractivity contribution in [3.8, 4) is 0 Å². The summed E-state index contributed by atoms with van der Waals surface area (Å²) in [5, 5.41) is 0. The first-order chi connectivity index (χ1) is 7.98. The van der Waals surface area contributed by atoms with Crippen LogP contribution in [-0.2, 0) is 14.6 Å². The van der Waals surface area contributed by atoms with Crippen LogP contribution in [0.15, 0.2) is 0 Å². The zero-order valence-corrected chi connectivity index (χ0v) is 11.1. The standard InChI is InChI=1S/C11H20N2O3S/c1-12-4-6-13(7-5-12)11(14)10-3-2-8-17(15,16)9-10/h10H,2-9H2,1H3. The summed E-state index contributed by atoms with van der Waals surface area (Å²) in [6.07, 6.45) is 1.36. The number of hydrogen-bond acceptors (Lipinski definition) is 4. The van der Waals surface area contributed by atoms with Gasteiger partial charge in [0.2, 0.25) is 5.91 Å². The molecule has 2 aliphatic rings. The van der Waals surface area contributed by atoms with E-state index in [4.69, 9.17) is 0 Å². The summed E-state index contributed by atoms with van der Waals surface area (Å²) in [6, 6.07) is 0. The normalized spacial score (nSPS) is 30.2. The van der Waals surface area contributed by atoms with Crippen molar-refractivity contribution < 1.29 is 13.2 Å². The highest BCUT2D eigenvalue weighted by molar-refractivity contribution is 7.91. The van der Waals surface area contributed by atoms with Crippen LogP contribution in [0.2, 0.25) is 0 Å². The molecule has 2 aliphatic heterocycles. The summed E-state index contributed by atoms with van der Waals surface area (Å²) in [4.78, 5) is 16.2. The summed E-state index contributed by atoms with van der Waals surface area (Å²) < 4.78 is 23.0. The molecule has 2 fully saturated rings. The molecule has 0 bridgehead atoms. The Hall–Kier alpha value is -0.620. The molecule has 5 nitrogen and oxygen atoms in total. The van der Waals surface area contributed by atoms with Crippen LogP contribution in [0.1, 0.15) is 12.8 Å². The molecular weight excluding hydrogens is 240 g/mol. The molecule has 0 spiro atoms. The van der Waals surface area contributed by atoms with Crippen molar-refractivity contribution in [3.05, 3.63) is 0 Å². The number of piperazine rings is 1. The topological polar surface area (TPSA) is 57.7 Å². The minimum atomic E-state index is -2.98. The highest BCUT2D eigenvalue weighted by Gasteiger charge is 2.33. The molecule has 6 heteroatoms. The fourth-order valence-corrected chi connectivity index (χ4v) is 4.20. The molecule has 0 aromatic heterocycles. The van der Waals surface area contributed by atoms with Gasteiger partial charge in [0.1, 0.15) is 0 Å². The first-order valence-electron chi connectivity index (χ1n) is 6.16. The van der Waals surface area contributed by atoms with Gasteiger partial charge in [0.15, 0.2) is 9.84 Å². The molecule has 0 aromatic carbocycles. The molecule has 98 valence electrons. The maximum atomic E-state index is 12.2. The lowest BCUT2D eigenvalue weighted by atomic mass is 10.0. The monoisotopic (exact) mass is 260 g/mol. The van der Waals surface area contributed by atoms with Gasteiger partial charge < -0.3 is 9.80 Å². The molecule has 1 amide bonds. The van der Waals surface area contributed by atoms with Gasteiger partial charge in [0.05, 0.1) is 17.4 Å². The second-order valence-electron chi connectivity index (χ2n) is 5.08. The van der Waals surface area contributed by atoms with E-state index in [-0.39, 0.29) is 23.3 Å². The number of rotatable bonds is 1. The first-order valence-corrected chi connectivity index (χ1v) is 7.98. The molecule has 0 aliphatic carbocycles. The number of hydrogen-bond donors (Lipinski definition) is 0. The average Bonchev–Trinajstić information content (AvgIpc) is 2.28. The van der Waals surface area contributed by atoms with Crippen molar-refractivity contribution in [2.75, 3.05) is 44.7 Å². The van der Waals surface area contributed by atoms with Crippen molar-refractivity contribution in [2.24, 2.45) is 5.92 Å². The van der Waals surface area contributed by atoms with E-state index >= 15 is 0 Å². The van der Waals surface area contributed by atoms with E-state index in [1.165, 1.54) is 0 Å². The summed E-state index contributed by atoms with van der Waals surface area (Å²) in [5.41, 5.74) is 0. The smallest absolute Gasteiger partial charge is 0.226 e. The predicted octanol–water partition coefficient (Wildman–Crippen LogP) is -0.415. The number of amides is 1. The van der Waals surface area contributed by atoms with Gasteiger partial charge in [0.25, 0.3) is 0 Å². The maximum Gasteiger partial charge on any atom is 0.226 e. The third-order valence-electron chi connectivity index (χ3n) is 3.63. The van der Waals surface area contributed by atoms with Gasteiger partial charge in [-0.25, -0.2) is 8.42 Å². The molecule has 0 aromatic rings. The lowest BCUT2D eigenvalue weighted by Gasteiger charge is -2.35. The molecule has 1 unspecified atom stereocenters.